The molecule has 0 aromatic heterocycles. The van der Waals surface area contributed by atoms with Crippen molar-refractivity contribution in [2.24, 2.45) is 11.7 Å². The summed E-state index contributed by atoms with van der Waals surface area (Å²) in [4.78, 5) is 4.88. The molecule has 100 valence electrons. The zero-order valence-corrected chi connectivity index (χ0v) is 11.3. The minimum absolute atomic E-state index is 0.290. The molecule has 2 aliphatic rings. The number of ether oxygens (including phenoxy) is 1. The van der Waals surface area contributed by atoms with E-state index in [1.807, 2.05) is 0 Å². The molecule has 0 aliphatic carbocycles. The predicted octanol–water partition coefficient (Wildman–Crippen LogP) is 0.376. The minimum Gasteiger partial charge on any atom is -0.381 e. The first-order valence-electron chi connectivity index (χ1n) is 6.89. The number of hydrogen-bond acceptors (Lipinski definition) is 4. The van der Waals surface area contributed by atoms with Gasteiger partial charge in [-0.15, -0.1) is 0 Å². The van der Waals surface area contributed by atoms with E-state index in [-0.39, 0.29) is 0 Å². The van der Waals surface area contributed by atoms with Gasteiger partial charge in [0.25, 0.3) is 0 Å². The Morgan fingerprint density at radius 2 is 2.24 bits per heavy atom. The molecule has 2 aliphatic heterocycles. The molecule has 0 bridgehead atoms. The molecule has 2 saturated heterocycles. The number of likely N-dealkylation sites (N-methyl/N-ethyl adjacent to an activating group) is 1. The Morgan fingerprint density at radius 1 is 1.41 bits per heavy atom. The Bertz CT molecular complexity index is 229. The molecule has 2 heterocycles. The Labute approximate surface area is 105 Å². The summed E-state index contributed by atoms with van der Waals surface area (Å²) in [7, 11) is 4.36. The fourth-order valence-electron chi connectivity index (χ4n) is 2.96. The number of nitrogens with zero attached hydrogens (tertiary/aromatic N) is 2. The fraction of sp³-hybridized carbons (Fsp3) is 1.00. The van der Waals surface area contributed by atoms with E-state index in [1.54, 1.807) is 0 Å². The second-order valence-corrected chi connectivity index (χ2v) is 5.81. The third-order valence-electron chi connectivity index (χ3n) is 4.25. The van der Waals surface area contributed by atoms with Crippen LogP contribution in [0.5, 0.6) is 0 Å². The lowest BCUT2D eigenvalue weighted by Gasteiger charge is -2.37. The molecule has 0 saturated carbocycles. The maximum absolute atomic E-state index is 6.30. The number of piperidine rings is 1. The molecule has 0 spiro atoms. The van der Waals surface area contributed by atoms with Crippen LogP contribution in [0, 0.1) is 5.92 Å². The predicted molar refractivity (Wildman–Crippen MR) is 70.1 cm³/mol. The van der Waals surface area contributed by atoms with Crippen LogP contribution in [0.3, 0.4) is 0 Å². The van der Waals surface area contributed by atoms with E-state index in [4.69, 9.17) is 10.5 Å². The highest BCUT2D eigenvalue weighted by Crippen LogP contribution is 2.19. The van der Waals surface area contributed by atoms with E-state index in [1.165, 1.54) is 25.9 Å². The largest absolute Gasteiger partial charge is 0.381 e. The third-order valence-corrected chi connectivity index (χ3v) is 4.25. The lowest BCUT2D eigenvalue weighted by atomic mass is 9.97. The Balaban J connectivity index is 1.77. The Kier molecular flexibility index (Phi) is 4.79. The van der Waals surface area contributed by atoms with Crippen molar-refractivity contribution in [3.63, 3.8) is 0 Å². The third kappa shape index (κ3) is 3.65. The van der Waals surface area contributed by atoms with Gasteiger partial charge >= 0.3 is 0 Å². The molecule has 4 nitrogen and oxygen atoms in total. The summed E-state index contributed by atoms with van der Waals surface area (Å²) in [5.74, 6) is 0.578. The second kappa shape index (κ2) is 6.14. The van der Waals surface area contributed by atoms with Crippen LogP contribution in [-0.2, 0) is 4.74 Å². The summed E-state index contributed by atoms with van der Waals surface area (Å²) < 4.78 is 5.42. The van der Waals surface area contributed by atoms with Gasteiger partial charge in [0.2, 0.25) is 0 Å². The van der Waals surface area contributed by atoms with Gasteiger partial charge < -0.3 is 20.3 Å². The van der Waals surface area contributed by atoms with Crippen molar-refractivity contribution in [1.29, 1.82) is 0 Å². The van der Waals surface area contributed by atoms with Gasteiger partial charge in [-0.1, -0.05) is 0 Å². The molecule has 3 atom stereocenters. The highest BCUT2D eigenvalue weighted by molar-refractivity contribution is 4.84. The molecule has 3 unspecified atom stereocenters. The molecule has 0 radical (unpaired) electrons. The molecule has 4 heteroatoms. The molecule has 17 heavy (non-hydrogen) atoms. The number of rotatable bonds is 4. The first-order chi connectivity index (χ1) is 8.16. The van der Waals surface area contributed by atoms with Gasteiger partial charge in [-0.3, -0.25) is 0 Å². The van der Waals surface area contributed by atoms with Crippen molar-refractivity contribution in [3.8, 4) is 0 Å². The quantitative estimate of drug-likeness (QED) is 0.772. The SMILES string of the molecule is CN(C)C1CCCN(CC(N)C2CCOC2)C1. The summed E-state index contributed by atoms with van der Waals surface area (Å²) >= 11 is 0. The second-order valence-electron chi connectivity index (χ2n) is 5.81. The van der Waals surface area contributed by atoms with Crippen LogP contribution in [0.15, 0.2) is 0 Å². The first kappa shape index (κ1) is 13.3. The average Bonchev–Trinajstić information content (AvgIpc) is 2.82. The van der Waals surface area contributed by atoms with Crippen molar-refractivity contribution in [3.05, 3.63) is 0 Å². The van der Waals surface area contributed by atoms with Gasteiger partial charge in [-0.05, 0) is 39.9 Å². The van der Waals surface area contributed by atoms with Crippen LogP contribution in [0.25, 0.3) is 0 Å². The van der Waals surface area contributed by atoms with Crippen LogP contribution in [0.2, 0.25) is 0 Å². The zero-order valence-electron chi connectivity index (χ0n) is 11.3. The molecule has 0 amide bonds. The molecule has 2 N–H and O–H groups in total. The highest BCUT2D eigenvalue weighted by Gasteiger charge is 2.27. The smallest absolute Gasteiger partial charge is 0.0510 e. The van der Waals surface area contributed by atoms with Gasteiger partial charge in [0.1, 0.15) is 0 Å². The number of hydrogen-bond donors (Lipinski definition) is 1. The Hall–Kier alpha value is -0.160. The lowest BCUT2D eigenvalue weighted by Crippen LogP contribution is -2.50. The van der Waals surface area contributed by atoms with E-state index in [0.29, 0.717) is 18.0 Å². The zero-order chi connectivity index (χ0) is 12.3. The maximum Gasteiger partial charge on any atom is 0.0510 e. The first-order valence-corrected chi connectivity index (χ1v) is 6.89. The van der Waals surface area contributed by atoms with Crippen molar-refractivity contribution < 1.29 is 4.74 Å². The minimum atomic E-state index is 0.290. The van der Waals surface area contributed by atoms with Crippen LogP contribution in [-0.4, -0.2) is 68.8 Å². The van der Waals surface area contributed by atoms with E-state index in [2.05, 4.69) is 23.9 Å². The summed E-state index contributed by atoms with van der Waals surface area (Å²) in [5, 5.41) is 0. The van der Waals surface area contributed by atoms with Crippen LogP contribution in [0.1, 0.15) is 19.3 Å². The summed E-state index contributed by atoms with van der Waals surface area (Å²) in [6, 6.07) is 0.995. The molecule has 0 aromatic carbocycles. The van der Waals surface area contributed by atoms with Gasteiger partial charge in [-0.2, -0.15) is 0 Å². The van der Waals surface area contributed by atoms with Crippen molar-refractivity contribution in [2.45, 2.75) is 31.3 Å². The van der Waals surface area contributed by atoms with Gasteiger partial charge in [0.05, 0.1) is 6.61 Å². The highest BCUT2D eigenvalue weighted by atomic mass is 16.5. The van der Waals surface area contributed by atoms with Crippen LogP contribution in [0.4, 0.5) is 0 Å². The number of likely N-dealkylation sites (tertiary alicyclic amines) is 1. The van der Waals surface area contributed by atoms with Gasteiger partial charge in [0, 0.05) is 37.7 Å². The van der Waals surface area contributed by atoms with Crippen molar-refractivity contribution in [2.75, 3.05) is 46.9 Å². The number of nitrogens with two attached hydrogens (primary N) is 1. The molecular formula is C13H27N3O. The van der Waals surface area contributed by atoms with Crippen molar-refractivity contribution >= 4 is 0 Å². The Morgan fingerprint density at radius 3 is 2.88 bits per heavy atom. The monoisotopic (exact) mass is 241 g/mol. The van der Waals surface area contributed by atoms with Crippen LogP contribution < -0.4 is 5.73 Å². The van der Waals surface area contributed by atoms with E-state index in [0.717, 1.165) is 26.2 Å². The van der Waals surface area contributed by atoms with E-state index >= 15 is 0 Å². The standard InChI is InChI=1S/C13H27N3O/c1-15(2)12-4-3-6-16(8-12)9-13(14)11-5-7-17-10-11/h11-13H,3-10,14H2,1-2H3. The molecule has 2 rings (SSSR count). The average molecular weight is 241 g/mol. The lowest BCUT2D eigenvalue weighted by molar-refractivity contribution is 0.116. The summed E-state index contributed by atoms with van der Waals surface area (Å²) in [5.41, 5.74) is 6.30. The molecule has 2 fully saturated rings. The topological polar surface area (TPSA) is 41.7 Å². The fourth-order valence-corrected chi connectivity index (χ4v) is 2.96. The van der Waals surface area contributed by atoms with Crippen LogP contribution >= 0.6 is 0 Å². The van der Waals surface area contributed by atoms with Crippen molar-refractivity contribution in [1.82, 2.24) is 9.80 Å². The normalized spacial score (nSPS) is 33.2. The summed E-state index contributed by atoms with van der Waals surface area (Å²) in [6.45, 7) is 5.20. The van der Waals surface area contributed by atoms with E-state index < -0.39 is 0 Å². The van der Waals surface area contributed by atoms with Gasteiger partial charge in [-0.25, -0.2) is 0 Å². The maximum atomic E-state index is 6.30. The molecule has 0 aromatic rings. The summed E-state index contributed by atoms with van der Waals surface area (Å²) in [6.07, 6.45) is 3.77. The molecular weight excluding hydrogens is 214 g/mol. The van der Waals surface area contributed by atoms with E-state index in [9.17, 15) is 0 Å². The van der Waals surface area contributed by atoms with Gasteiger partial charge in [0.15, 0.2) is 0 Å².